The summed E-state index contributed by atoms with van der Waals surface area (Å²) in [5.41, 5.74) is 1.93. The van der Waals surface area contributed by atoms with E-state index in [0.29, 0.717) is 4.48 Å². The fraction of sp³-hybridized carbons (Fsp3) is 0.308. The number of nitrogens with zero attached hydrogens (tertiary/aromatic N) is 1. The number of carbonyl (C=O) groups excluding carboxylic acids is 1. The van der Waals surface area contributed by atoms with Crippen LogP contribution in [0.1, 0.15) is 13.8 Å². The second-order valence-corrected chi connectivity index (χ2v) is 4.54. The first kappa shape index (κ1) is 13.8. The Labute approximate surface area is 111 Å². The quantitative estimate of drug-likeness (QED) is 0.845. The van der Waals surface area contributed by atoms with E-state index < -0.39 is 0 Å². The molecule has 4 heteroatoms. The molecule has 3 nitrogen and oxygen atoms in total. The van der Waals surface area contributed by atoms with Crippen molar-refractivity contribution in [2.75, 3.05) is 23.3 Å². The van der Waals surface area contributed by atoms with Crippen molar-refractivity contribution in [3.63, 3.8) is 0 Å². The van der Waals surface area contributed by atoms with Gasteiger partial charge in [0.2, 0.25) is 0 Å². The molecule has 0 aliphatic rings. The van der Waals surface area contributed by atoms with Crippen LogP contribution in [-0.4, -0.2) is 19.0 Å². The third kappa shape index (κ3) is 3.89. The smallest absolute Gasteiger partial charge is 0.262 e. The highest BCUT2D eigenvalue weighted by molar-refractivity contribution is 9.12. The molecule has 0 bridgehead atoms. The lowest BCUT2D eigenvalue weighted by atomic mass is 10.2. The lowest BCUT2D eigenvalue weighted by molar-refractivity contribution is -0.112. The number of rotatable bonds is 5. The Kier molecular flexibility index (Phi) is 5.22. The molecule has 0 radical (unpaired) electrons. The maximum Gasteiger partial charge on any atom is 0.262 e. The van der Waals surface area contributed by atoms with Gasteiger partial charge >= 0.3 is 0 Å². The minimum Gasteiger partial charge on any atom is -0.372 e. The van der Waals surface area contributed by atoms with Gasteiger partial charge in [-0.1, -0.05) is 6.58 Å². The van der Waals surface area contributed by atoms with Gasteiger partial charge in [-0.05, 0) is 54.0 Å². The lowest BCUT2D eigenvalue weighted by Gasteiger charge is -2.21. The zero-order valence-electron chi connectivity index (χ0n) is 10.2. The van der Waals surface area contributed by atoms with Crippen molar-refractivity contribution in [1.82, 2.24) is 0 Å². The topological polar surface area (TPSA) is 32.3 Å². The third-order valence-electron chi connectivity index (χ3n) is 2.50. The minimum absolute atomic E-state index is 0.222. The first-order chi connectivity index (χ1) is 8.08. The van der Waals surface area contributed by atoms with E-state index in [1.165, 1.54) is 0 Å². The van der Waals surface area contributed by atoms with E-state index >= 15 is 0 Å². The van der Waals surface area contributed by atoms with Gasteiger partial charge in [0.25, 0.3) is 5.91 Å². The van der Waals surface area contributed by atoms with E-state index in [4.69, 9.17) is 0 Å². The van der Waals surface area contributed by atoms with Gasteiger partial charge in [0.15, 0.2) is 0 Å². The van der Waals surface area contributed by atoms with Crippen LogP contribution in [0.4, 0.5) is 11.4 Å². The van der Waals surface area contributed by atoms with Crippen LogP contribution in [-0.2, 0) is 4.79 Å². The SMILES string of the molecule is C=C(Br)C(=O)Nc1ccc(N(CC)CC)cc1. The van der Waals surface area contributed by atoms with E-state index in [-0.39, 0.29) is 5.91 Å². The molecular weight excluding hydrogens is 280 g/mol. The van der Waals surface area contributed by atoms with Crippen LogP contribution in [0, 0.1) is 0 Å². The highest BCUT2D eigenvalue weighted by Gasteiger charge is 2.05. The largest absolute Gasteiger partial charge is 0.372 e. The minimum atomic E-state index is -0.222. The van der Waals surface area contributed by atoms with Gasteiger partial charge in [-0.15, -0.1) is 0 Å². The Morgan fingerprint density at radius 2 is 1.82 bits per heavy atom. The van der Waals surface area contributed by atoms with Gasteiger partial charge in [-0.3, -0.25) is 4.79 Å². The molecule has 0 aliphatic carbocycles. The van der Waals surface area contributed by atoms with Crippen molar-refractivity contribution in [3.8, 4) is 0 Å². The van der Waals surface area contributed by atoms with Crippen LogP contribution in [0.25, 0.3) is 0 Å². The summed E-state index contributed by atoms with van der Waals surface area (Å²) in [6.07, 6.45) is 0. The molecule has 0 atom stereocenters. The summed E-state index contributed by atoms with van der Waals surface area (Å²) in [5, 5.41) is 2.74. The van der Waals surface area contributed by atoms with Crippen molar-refractivity contribution in [1.29, 1.82) is 0 Å². The van der Waals surface area contributed by atoms with E-state index in [1.807, 2.05) is 24.3 Å². The van der Waals surface area contributed by atoms with Gasteiger partial charge in [0, 0.05) is 24.5 Å². The molecule has 0 unspecified atom stereocenters. The van der Waals surface area contributed by atoms with Crippen LogP contribution in [0.3, 0.4) is 0 Å². The van der Waals surface area contributed by atoms with E-state index in [9.17, 15) is 4.79 Å². The van der Waals surface area contributed by atoms with Gasteiger partial charge in [0.1, 0.15) is 0 Å². The van der Waals surface area contributed by atoms with Gasteiger partial charge in [-0.25, -0.2) is 0 Å². The number of halogens is 1. The Morgan fingerprint density at radius 3 is 2.24 bits per heavy atom. The molecule has 0 saturated heterocycles. The molecule has 92 valence electrons. The molecular formula is C13H17BrN2O. The first-order valence-corrected chi connectivity index (χ1v) is 6.38. The van der Waals surface area contributed by atoms with Crippen molar-refractivity contribution in [2.45, 2.75) is 13.8 Å². The predicted octanol–water partition coefficient (Wildman–Crippen LogP) is 3.38. The first-order valence-electron chi connectivity index (χ1n) is 5.59. The van der Waals surface area contributed by atoms with Crippen molar-refractivity contribution >= 4 is 33.2 Å². The zero-order valence-corrected chi connectivity index (χ0v) is 11.8. The lowest BCUT2D eigenvalue weighted by Crippen LogP contribution is -2.21. The summed E-state index contributed by atoms with van der Waals surface area (Å²) in [4.78, 5) is 13.6. The normalized spacial score (nSPS) is 9.82. The Balaban J connectivity index is 2.74. The standard InChI is InChI=1S/C13H17BrN2O/c1-4-16(5-2)12-8-6-11(7-9-12)15-13(17)10(3)14/h6-9H,3-5H2,1-2H3,(H,15,17). The number of benzene rings is 1. The summed E-state index contributed by atoms with van der Waals surface area (Å²) < 4.78 is 0.324. The van der Waals surface area contributed by atoms with Gasteiger partial charge in [-0.2, -0.15) is 0 Å². The second kappa shape index (κ2) is 6.45. The number of amides is 1. The fourth-order valence-corrected chi connectivity index (χ4v) is 1.64. The predicted molar refractivity (Wildman–Crippen MR) is 76.7 cm³/mol. The number of nitrogens with one attached hydrogen (secondary N) is 1. The van der Waals surface area contributed by atoms with E-state index in [1.54, 1.807) is 0 Å². The fourth-order valence-electron chi connectivity index (χ4n) is 1.54. The number of hydrogen-bond donors (Lipinski definition) is 1. The summed E-state index contributed by atoms with van der Waals surface area (Å²) >= 11 is 3.04. The van der Waals surface area contributed by atoms with Crippen LogP contribution in [0.15, 0.2) is 35.3 Å². The number of carbonyl (C=O) groups is 1. The number of hydrogen-bond acceptors (Lipinski definition) is 2. The van der Waals surface area contributed by atoms with Crippen molar-refractivity contribution in [3.05, 3.63) is 35.3 Å². The average molecular weight is 297 g/mol. The molecule has 1 rings (SSSR count). The van der Waals surface area contributed by atoms with E-state index in [2.05, 4.69) is 46.6 Å². The van der Waals surface area contributed by atoms with Crippen LogP contribution in [0.2, 0.25) is 0 Å². The highest BCUT2D eigenvalue weighted by Crippen LogP contribution is 2.18. The van der Waals surface area contributed by atoms with Crippen molar-refractivity contribution < 1.29 is 4.79 Å². The van der Waals surface area contributed by atoms with Gasteiger partial charge < -0.3 is 10.2 Å². The second-order valence-electron chi connectivity index (χ2n) is 3.58. The molecule has 1 amide bonds. The highest BCUT2D eigenvalue weighted by atomic mass is 79.9. The van der Waals surface area contributed by atoms with Crippen LogP contribution in [0.5, 0.6) is 0 Å². The van der Waals surface area contributed by atoms with Crippen LogP contribution < -0.4 is 10.2 Å². The molecule has 0 saturated carbocycles. The maximum atomic E-state index is 11.4. The monoisotopic (exact) mass is 296 g/mol. The Hall–Kier alpha value is -1.29. The molecule has 1 aromatic rings. The third-order valence-corrected chi connectivity index (χ3v) is 2.86. The van der Waals surface area contributed by atoms with Crippen LogP contribution >= 0.6 is 15.9 Å². The zero-order chi connectivity index (χ0) is 12.8. The number of anilines is 2. The Bertz CT molecular complexity index is 396. The molecule has 1 aromatic carbocycles. The molecule has 0 aromatic heterocycles. The molecule has 0 spiro atoms. The maximum absolute atomic E-state index is 11.4. The summed E-state index contributed by atoms with van der Waals surface area (Å²) in [6, 6.07) is 7.78. The van der Waals surface area contributed by atoms with E-state index in [0.717, 1.165) is 24.5 Å². The molecule has 17 heavy (non-hydrogen) atoms. The Morgan fingerprint density at radius 1 is 1.29 bits per heavy atom. The average Bonchev–Trinajstić information content (AvgIpc) is 2.32. The molecule has 0 aliphatic heterocycles. The molecule has 0 fully saturated rings. The summed E-state index contributed by atoms with van der Waals surface area (Å²) in [6.45, 7) is 9.70. The molecule has 0 heterocycles. The summed E-state index contributed by atoms with van der Waals surface area (Å²) in [7, 11) is 0. The van der Waals surface area contributed by atoms with Gasteiger partial charge in [0.05, 0.1) is 4.48 Å². The summed E-state index contributed by atoms with van der Waals surface area (Å²) in [5.74, 6) is -0.222. The van der Waals surface area contributed by atoms with Crippen molar-refractivity contribution in [2.24, 2.45) is 0 Å². The molecule has 1 N–H and O–H groups in total.